The molecule has 2 heterocycles. The molecule has 4 N–H and O–H groups in total. The molecule has 2 aromatic heterocycles. The standard InChI is InChI=1S/C27H26FN5O2/c1-27(2,16-33-26(35)20-6-3-4-8-24(20)34)13-22-18(7-5-11-30-22)17-9-10-19(21(28)12-17)23-14-32-25(29)15-31-23/h3-12,14-15,34H,13,16H2,1-2H3,(H2,29,32)(H,33,35). The molecule has 35 heavy (non-hydrogen) atoms. The molecule has 0 radical (unpaired) electrons. The Morgan fingerprint density at radius 3 is 2.54 bits per heavy atom. The molecular weight excluding hydrogens is 445 g/mol. The first kappa shape index (κ1) is 23.8. The summed E-state index contributed by atoms with van der Waals surface area (Å²) in [5.41, 5.74) is 8.45. The van der Waals surface area contributed by atoms with Crippen LogP contribution in [-0.2, 0) is 6.42 Å². The lowest BCUT2D eigenvalue weighted by atomic mass is 9.85. The number of carbonyl (C=O) groups is 1. The molecule has 1 amide bonds. The maximum Gasteiger partial charge on any atom is 0.255 e. The van der Waals surface area contributed by atoms with Crippen molar-refractivity contribution in [2.24, 2.45) is 5.41 Å². The summed E-state index contributed by atoms with van der Waals surface area (Å²) in [7, 11) is 0. The molecule has 0 aliphatic heterocycles. The Morgan fingerprint density at radius 2 is 1.83 bits per heavy atom. The van der Waals surface area contributed by atoms with E-state index >= 15 is 4.39 Å². The highest BCUT2D eigenvalue weighted by molar-refractivity contribution is 5.96. The first-order valence-corrected chi connectivity index (χ1v) is 11.1. The molecule has 0 bridgehead atoms. The lowest BCUT2D eigenvalue weighted by Gasteiger charge is -2.26. The van der Waals surface area contributed by atoms with Crippen molar-refractivity contribution in [2.45, 2.75) is 20.3 Å². The minimum absolute atomic E-state index is 0.0646. The summed E-state index contributed by atoms with van der Waals surface area (Å²) in [5.74, 6) is -0.568. The van der Waals surface area contributed by atoms with Gasteiger partial charge < -0.3 is 16.2 Å². The zero-order valence-electron chi connectivity index (χ0n) is 19.5. The number of pyridine rings is 1. The van der Waals surface area contributed by atoms with Crippen LogP contribution in [0.4, 0.5) is 10.2 Å². The van der Waals surface area contributed by atoms with E-state index in [4.69, 9.17) is 5.73 Å². The van der Waals surface area contributed by atoms with Crippen LogP contribution in [0.25, 0.3) is 22.4 Å². The van der Waals surface area contributed by atoms with Crippen molar-refractivity contribution in [3.05, 3.63) is 90.3 Å². The summed E-state index contributed by atoms with van der Waals surface area (Å²) in [6.45, 7) is 4.39. The Bertz CT molecular complexity index is 1360. The van der Waals surface area contributed by atoms with E-state index in [1.807, 2.05) is 32.0 Å². The van der Waals surface area contributed by atoms with Gasteiger partial charge in [-0.1, -0.05) is 38.1 Å². The van der Waals surface area contributed by atoms with Crippen LogP contribution in [0.5, 0.6) is 5.75 Å². The van der Waals surface area contributed by atoms with Gasteiger partial charge in [0, 0.05) is 29.6 Å². The van der Waals surface area contributed by atoms with Crippen LogP contribution < -0.4 is 11.1 Å². The first-order chi connectivity index (χ1) is 16.7. The Morgan fingerprint density at radius 1 is 1.03 bits per heavy atom. The summed E-state index contributed by atoms with van der Waals surface area (Å²) in [6, 6.07) is 15.1. The van der Waals surface area contributed by atoms with E-state index in [1.54, 1.807) is 30.5 Å². The molecule has 4 aromatic rings. The molecule has 178 valence electrons. The number of halogens is 1. The fourth-order valence-electron chi connectivity index (χ4n) is 3.81. The van der Waals surface area contributed by atoms with Gasteiger partial charge in [0.25, 0.3) is 5.91 Å². The highest BCUT2D eigenvalue weighted by Gasteiger charge is 2.23. The maximum absolute atomic E-state index is 15.0. The van der Waals surface area contributed by atoms with Crippen molar-refractivity contribution in [2.75, 3.05) is 12.3 Å². The van der Waals surface area contributed by atoms with E-state index in [9.17, 15) is 9.90 Å². The number of hydrogen-bond acceptors (Lipinski definition) is 6. The van der Waals surface area contributed by atoms with Gasteiger partial charge in [-0.3, -0.25) is 14.8 Å². The number of nitrogens with zero attached hydrogens (tertiary/aromatic N) is 3. The van der Waals surface area contributed by atoms with Crippen molar-refractivity contribution >= 4 is 11.7 Å². The van der Waals surface area contributed by atoms with Crippen LogP contribution in [0, 0.1) is 11.2 Å². The topological polar surface area (TPSA) is 114 Å². The number of carbonyl (C=O) groups excluding carboxylic acids is 1. The summed E-state index contributed by atoms with van der Waals surface area (Å²) in [4.78, 5) is 25.2. The van der Waals surface area contributed by atoms with Gasteiger partial charge in [-0.2, -0.15) is 0 Å². The molecule has 0 saturated carbocycles. The lowest BCUT2D eigenvalue weighted by molar-refractivity contribution is 0.0933. The van der Waals surface area contributed by atoms with E-state index in [0.717, 1.165) is 11.3 Å². The van der Waals surface area contributed by atoms with Gasteiger partial charge in [0.2, 0.25) is 0 Å². The minimum Gasteiger partial charge on any atom is -0.507 e. The third-order valence-electron chi connectivity index (χ3n) is 5.64. The number of para-hydroxylation sites is 1. The van der Waals surface area contributed by atoms with E-state index < -0.39 is 5.82 Å². The van der Waals surface area contributed by atoms with Crippen LogP contribution >= 0.6 is 0 Å². The highest BCUT2D eigenvalue weighted by atomic mass is 19.1. The monoisotopic (exact) mass is 471 g/mol. The van der Waals surface area contributed by atoms with E-state index in [1.165, 1.54) is 24.5 Å². The second kappa shape index (κ2) is 9.89. The number of nitrogen functional groups attached to an aromatic ring is 1. The van der Waals surface area contributed by atoms with Gasteiger partial charge in [0.05, 0.1) is 23.7 Å². The van der Waals surface area contributed by atoms with E-state index in [-0.39, 0.29) is 28.5 Å². The Labute approximate surface area is 202 Å². The average Bonchev–Trinajstić information content (AvgIpc) is 2.84. The number of amides is 1. The fraction of sp³-hybridized carbons (Fsp3) is 0.185. The molecular formula is C27H26FN5O2. The van der Waals surface area contributed by atoms with Crippen LogP contribution in [0.1, 0.15) is 29.9 Å². The van der Waals surface area contributed by atoms with Crippen molar-refractivity contribution < 1.29 is 14.3 Å². The average molecular weight is 472 g/mol. The van der Waals surface area contributed by atoms with Crippen molar-refractivity contribution in [1.29, 1.82) is 0 Å². The molecule has 0 spiro atoms. The second-order valence-electron chi connectivity index (χ2n) is 9.06. The van der Waals surface area contributed by atoms with Crippen LogP contribution in [0.3, 0.4) is 0 Å². The van der Waals surface area contributed by atoms with Gasteiger partial charge >= 0.3 is 0 Å². The van der Waals surface area contributed by atoms with Gasteiger partial charge in [0.1, 0.15) is 17.4 Å². The molecule has 0 atom stereocenters. The highest BCUT2D eigenvalue weighted by Crippen LogP contribution is 2.31. The summed E-state index contributed by atoms with van der Waals surface area (Å²) >= 11 is 0. The zero-order chi connectivity index (χ0) is 25.0. The number of aromatic hydroxyl groups is 1. The molecule has 4 rings (SSSR count). The lowest BCUT2D eigenvalue weighted by Crippen LogP contribution is -2.35. The number of phenols is 1. The predicted octanol–water partition coefficient (Wildman–Crippen LogP) is 4.63. The Balaban J connectivity index is 1.53. The van der Waals surface area contributed by atoms with Crippen molar-refractivity contribution in [3.8, 4) is 28.1 Å². The maximum atomic E-state index is 15.0. The van der Waals surface area contributed by atoms with Gasteiger partial charge in [-0.05, 0) is 47.7 Å². The van der Waals surface area contributed by atoms with Gasteiger partial charge in [-0.25, -0.2) is 9.37 Å². The smallest absolute Gasteiger partial charge is 0.255 e. The number of aromatic nitrogens is 3. The number of nitrogens with one attached hydrogen (secondary N) is 1. The fourth-order valence-corrected chi connectivity index (χ4v) is 3.81. The summed E-state index contributed by atoms with van der Waals surface area (Å²) < 4.78 is 15.0. The van der Waals surface area contributed by atoms with E-state index in [2.05, 4.69) is 20.3 Å². The normalized spacial score (nSPS) is 11.3. The quantitative estimate of drug-likeness (QED) is 0.362. The Hall–Kier alpha value is -4.33. The number of benzene rings is 2. The number of phenolic OH excluding ortho intramolecular Hbond substituents is 1. The number of anilines is 1. The zero-order valence-corrected chi connectivity index (χ0v) is 19.5. The molecule has 0 fully saturated rings. The molecule has 7 nitrogen and oxygen atoms in total. The molecule has 8 heteroatoms. The second-order valence-corrected chi connectivity index (χ2v) is 9.06. The van der Waals surface area contributed by atoms with Crippen LogP contribution in [0.15, 0.2) is 73.2 Å². The molecule has 0 saturated heterocycles. The third kappa shape index (κ3) is 5.60. The third-order valence-corrected chi connectivity index (χ3v) is 5.64. The SMILES string of the molecule is CC(C)(CNC(=O)c1ccccc1O)Cc1ncccc1-c1ccc(-c2cnc(N)cn2)c(F)c1. The predicted molar refractivity (Wildman–Crippen MR) is 133 cm³/mol. The number of nitrogens with two attached hydrogens (primary N) is 1. The van der Waals surface area contributed by atoms with Crippen molar-refractivity contribution in [3.63, 3.8) is 0 Å². The van der Waals surface area contributed by atoms with Crippen LogP contribution in [-0.4, -0.2) is 32.5 Å². The van der Waals surface area contributed by atoms with Gasteiger partial charge in [-0.15, -0.1) is 0 Å². The van der Waals surface area contributed by atoms with Gasteiger partial charge in [0.15, 0.2) is 0 Å². The number of hydrogen-bond donors (Lipinski definition) is 3. The molecule has 0 aliphatic rings. The summed E-state index contributed by atoms with van der Waals surface area (Å²) in [6.07, 6.45) is 5.07. The first-order valence-electron chi connectivity index (χ1n) is 11.1. The van der Waals surface area contributed by atoms with E-state index in [0.29, 0.717) is 29.8 Å². The molecule has 2 aromatic carbocycles. The largest absolute Gasteiger partial charge is 0.507 e. The van der Waals surface area contributed by atoms with Crippen molar-refractivity contribution in [1.82, 2.24) is 20.3 Å². The molecule has 0 aliphatic carbocycles. The van der Waals surface area contributed by atoms with Crippen LogP contribution in [0.2, 0.25) is 0 Å². The molecule has 0 unspecified atom stereocenters. The summed E-state index contributed by atoms with van der Waals surface area (Å²) in [5, 5.41) is 12.8. The minimum atomic E-state index is -0.425. The Kier molecular flexibility index (Phi) is 6.73. The number of rotatable bonds is 7.